The van der Waals surface area contributed by atoms with E-state index in [2.05, 4.69) is 10.6 Å². The molecular formula is C19H20N2O6S. The summed E-state index contributed by atoms with van der Waals surface area (Å²) in [6.07, 6.45) is -0.125. The van der Waals surface area contributed by atoms with Gasteiger partial charge < -0.3 is 14.8 Å². The van der Waals surface area contributed by atoms with Crippen LogP contribution in [-0.4, -0.2) is 37.4 Å². The number of imide groups is 1. The van der Waals surface area contributed by atoms with Crippen molar-refractivity contribution in [2.45, 2.75) is 19.4 Å². The predicted octanol–water partition coefficient (Wildman–Crippen LogP) is 1.82. The van der Waals surface area contributed by atoms with E-state index in [0.29, 0.717) is 5.75 Å². The molecule has 0 aliphatic heterocycles. The van der Waals surface area contributed by atoms with Gasteiger partial charge in [-0.3, -0.25) is 24.5 Å². The van der Waals surface area contributed by atoms with Crippen molar-refractivity contribution < 1.29 is 28.7 Å². The summed E-state index contributed by atoms with van der Waals surface area (Å²) in [6.45, 7) is 0.752. The van der Waals surface area contributed by atoms with Crippen molar-refractivity contribution in [3.05, 3.63) is 52.2 Å². The van der Waals surface area contributed by atoms with E-state index in [4.69, 9.17) is 9.47 Å². The molecular weight excluding hydrogens is 384 g/mol. The number of carbonyl (C=O) groups excluding carboxylic acids is 4. The van der Waals surface area contributed by atoms with Crippen LogP contribution in [-0.2, 0) is 19.1 Å². The molecule has 1 aromatic heterocycles. The van der Waals surface area contributed by atoms with E-state index in [1.54, 1.807) is 24.3 Å². The van der Waals surface area contributed by atoms with Crippen LogP contribution in [0.5, 0.6) is 5.75 Å². The van der Waals surface area contributed by atoms with Gasteiger partial charge in [0.25, 0.3) is 11.8 Å². The van der Waals surface area contributed by atoms with E-state index in [1.807, 2.05) is 5.38 Å². The molecule has 1 aromatic carbocycles. The Balaban J connectivity index is 1.82. The molecule has 1 unspecified atom stereocenters. The van der Waals surface area contributed by atoms with Gasteiger partial charge in [-0.2, -0.15) is 0 Å². The van der Waals surface area contributed by atoms with Crippen molar-refractivity contribution in [1.82, 2.24) is 10.6 Å². The van der Waals surface area contributed by atoms with Crippen molar-refractivity contribution in [3.8, 4) is 5.75 Å². The Bertz CT molecular complexity index is 833. The van der Waals surface area contributed by atoms with Crippen molar-refractivity contribution in [2.75, 3.05) is 13.7 Å². The van der Waals surface area contributed by atoms with E-state index in [0.717, 1.165) is 4.88 Å². The third-order valence-corrected chi connectivity index (χ3v) is 4.59. The molecule has 0 saturated heterocycles. The molecule has 2 aromatic rings. The lowest BCUT2D eigenvalue weighted by atomic mass is 10.1. The molecule has 1 atom stereocenters. The summed E-state index contributed by atoms with van der Waals surface area (Å²) in [5, 5.41) is 6.64. The number of amides is 3. The first-order valence-electron chi connectivity index (χ1n) is 8.33. The SMILES string of the molecule is COc1ccc(C(=O)NC(=O)COC(=O)CC(NC(C)=O)c2cccs2)cc1. The van der Waals surface area contributed by atoms with Crippen LogP contribution in [0.15, 0.2) is 41.8 Å². The number of hydrogen-bond donors (Lipinski definition) is 2. The molecule has 8 nitrogen and oxygen atoms in total. The van der Waals surface area contributed by atoms with Crippen LogP contribution in [0.1, 0.15) is 34.6 Å². The molecule has 9 heteroatoms. The summed E-state index contributed by atoms with van der Waals surface area (Å²) in [4.78, 5) is 48.0. The molecule has 2 N–H and O–H groups in total. The highest BCUT2D eigenvalue weighted by molar-refractivity contribution is 7.10. The normalized spacial score (nSPS) is 11.2. The van der Waals surface area contributed by atoms with Gasteiger partial charge in [-0.15, -0.1) is 11.3 Å². The number of rotatable bonds is 8. The lowest BCUT2D eigenvalue weighted by Gasteiger charge is -2.15. The number of hydrogen-bond acceptors (Lipinski definition) is 7. The Morgan fingerprint density at radius 2 is 1.82 bits per heavy atom. The summed E-state index contributed by atoms with van der Waals surface area (Å²) in [6, 6.07) is 9.25. The second-order valence-corrected chi connectivity index (χ2v) is 6.72. The molecule has 28 heavy (non-hydrogen) atoms. The molecule has 1 heterocycles. The maximum Gasteiger partial charge on any atom is 0.308 e. The van der Waals surface area contributed by atoms with Gasteiger partial charge in [-0.05, 0) is 35.7 Å². The van der Waals surface area contributed by atoms with Crippen LogP contribution in [0, 0.1) is 0 Å². The molecule has 3 amide bonds. The van der Waals surface area contributed by atoms with Gasteiger partial charge in [-0.1, -0.05) is 6.07 Å². The molecule has 0 fully saturated rings. The highest BCUT2D eigenvalue weighted by atomic mass is 32.1. The zero-order valence-electron chi connectivity index (χ0n) is 15.4. The van der Waals surface area contributed by atoms with Crippen molar-refractivity contribution in [2.24, 2.45) is 0 Å². The second-order valence-electron chi connectivity index (χ2n) is 5.74. The summed E-state index contributed by atoms with van der Waals surface area (Å²) < 4.78 is 9.91. The zero-order valence-corrected chi connectivity index (χ0v) is 16.2. The molecule has 0 bridgehead atoms. The minimum atomic E-state index is -0.749. The van der Waals surface area contributed by atoms with Crippen LogP contribution in [0.3, 0.4) is 0 Å². The number of methoxy groups -OCH3 is 1. The highest BCUT2D eigenvalue weighted by Crippen LogP contribution is 2.22. The number of nitrogens with one attached hydrogen (secondary N) is 2. The first kappa shape index (κ1) is 21.1. The molecule has 0 aliphatic rings. The lowest BCUT2D eigenvalue weighted by Crippen LogP contribution is -2.34. The monoisotopic (exact) mass is 404 g/mol. The number of esters is 1. The topological polar surface area (TPSA) is 111 Å². The highest BCUT2D eigenvalue weighted by Gasteiger charge is 2.20. The lowest BCUT2D eigenvalue weighted by molar-refractivity contribution is -0.149. The second kappa shape index (κ2) is 10.2. The first-order chi connectivity index (χ1) is 13.4. The van der Waals surface area contributed by atoms with Gasteiger partial charge in [0, 0.05) is 17.4 Å². The summed E-state index contributed by atoms with van der Waals surface area (Å²) in [5.41, 5.74) is 0.267. The maximum atomic E-state index is 12.0. The standard InChI is InChI=1S/C19H20N2O6S/c1-12(22)20-15(16-4-3-9-28-16)10-18(24)27-11-17(23)21-19(25)13-5-7-14(26-2)8-6-13/h3-9,15H,10-11H2,1-2H3,(H,20,22)(H,21,23,25). The Morgan fingerprint density at radius 3 is 2.39 bits per heavy atom. The van der Waals surface area contributed by atoms with Crippen LogP contribution in [0.4, 0.5) is 0 Å². The fraction of sp³-hybridized carbons (Fsp3) is 0.263. The maximum absolute atomic E-state index is 12.0. The Hall–Kier alpha value is -3.20. The van der Waals surface area contributed by atoms with Gasteiger partial charge in [0.05, 0.1) is 19.6 Å². The Kier molecular flexibility index (Phi) is 7.70. The van der Waals surface area contributed by atoms with Crippen molar-refractivity contribution in [1.29, 1.82) is 0 Å². The minimum absolute atomic E-state index is 0.125. The largest absolute Gasteiger partial charge is 0.497 e. The van der Waals surface area contributed by atoms with Crippen LogP contribution in [0.25, 0.3) is 0 Å². The molecule has 0 saturated carbocycles. The number of ether oxygens (including phenoxy) is 2. The van der Waals surface area contributed by atoms with Gasteiger partial charge in [0.2, 0.25) is 5.91 Å². The molecule has 0 spiro atoms. The van der Waals surface area contributed by atoms with Gasteiger partial charge in [0.1, 0.15) is 5.75 Å². The van der Waals surface area contributed by atoms with E-state index in [-0.39, 0.29) is 17.9 Å². The van der Waals surface area contributed by atoms with E-state index < -0.39 is 30.4 Å². The zero-order chi connectivity index (χ0) is 20.5. The summed E-state index contributed by atoms with van der Waals surface area (Å²) in [7, 11) is 1.50. The van der Waals surface area contributed by atoms with Gasteiger partial charge in [0.15, 0.2) is 6.61 Å². The Labute approximate surface area is 165 Å². The van der Waals surface area contributed by atoms with Crippen molar-refractivity contribution >= 4 is 35.0 Å². The molecule has 148 valence electrons. The fourth-order valence-electron chi connectivity index (χ4n) is 2.31. The van der Waals surface area contributed by atoms with Crippen LogP contribution < -0.4 is 15.4 Å². The summed E-state index contributed by atoms with van der Waals surface area (Å²) >= 11 is 1.39. The number of carbonyl (C=O) groups is 4. The average Bonchev–Trinajstić information content (AvgIpc) is 3.20. The van der Waals surface area contributed by atoms with Crippen LogP contribution >= 0.6 is 11.3 Å². The van der Waals surface area contributed by atoms with Gasteiger partial charge in [-0.25, -0.2) is 0 Å². The van der Waals surface area contributed by atoms with Crippen LogP contribution in [0.2, 0.25) is 0 Å². The third-order valence-electron chi connectivity index (χ3n) is 3.60. The van der Waals surface area contributed by atoms with Crippen molar-refractivity contribution in [3.63, 3.8) is 0 Å². The molecule has 0 aliphatic carbocycles. The quantitative estimate of drug-likeness (QED) is 0.650. The van der Waals surface area contributed by atoms with E-state index in [1.165, 1.54) is 37.5 Å². The van der Waals surface area contributed by atoms with E-state index >= 15 is 0 Å². The van der Waals surface area contributed by atoms with Gasteiger partial charge >= 0.3 is 5.97 Å². The van der Waals surface area contributed by atoms with E-state index in [9.17, 15) is 19.2 Å². The average molecular weight is 404 g/mol. The summed E-state index contributed by atoms with van der Waals surface area (Å²) in [5.74, 6) is -1.73. The minimum Gasteiger partial charge on any atom is -0.497 e. The first-order valence-corrected chi connectivity index (χ1v) is 9.21. The molecule has 2 rings (SSSR count). The smallest absolute Gasteiger partial charge is 0.308 e. The fourth-order valence-corrected chi connectivity index (χ4v) is 3.08. The predicted molar refractivity (Wildman–Crippen MR) is 102 cm³/mol. The Morgan fingerprint density at radius 1 is 1.11 bits per heavy atom. The third kappa shape index (κ3) is 6.51. The number of benzene rings is 1. The molecule has 0 radical (unpaired) electrons. The number of thiophene rings is 1.